The Kier molecular flexibility index (Phi) is 9.42. The van der Waals surface area contributed by atoms with E-state index in [1.807, 2.05) is 6.07 Å². The smallest absolute Gasteiger partial charge is 0.343 e. The number of carboxylic acids is 1. The van der Waals surface area contributed by atoms with Gasteiger partial charge in [0.1, 0.15) is 34.3 Å². The predicted molar refractivity (Wildman–Crippen MR) is 188 cm³/mol. The minimum absolute atomic E-state index is 0.0427. The Labute approximate surface area is 300 Å². The summed E-state index contributed by atoms with van der Waals surface area (Å²) in [6.45, 7) is 0. The molecule has 14 nitrogen and oxygen atoms in total. The van der Waals surface area contributed by atoms with Gasteiger partial charge in [0.05, 0.1) is 21.6 Å². The number of carbonyl (C=O) groups is 4. The number of carboxylic acid groups (broad SMARTS) is 1. The van der Waals surface area contributed by atoms with Gasteiger partial charge in [0.15, 0.2) is 5.76 Å². The van der Waals surface area contributed by atoms with E-state index in [4.69, 9.17) is 4.74 Å². The summed E-state index contributed by atoms with van der Waals surface area (Å²) in [6, 6.07) is 21.4. The fraction of sp³-hybridized carbons (Fsp3) is 0. The van der Waals surface area contributed by atoms with Crippen molar-refractivity contribution < 1.29 is 57.9 Å². The van der Waals surface area contributed by atoms with Crippen LogP contribution in [0.1, 0.15) is 47.0 Å². The van der Waals surface area contributed by atoms with Crippen molar-refractivity contribution in [1.29, 1.82) is 0 Å². The second kappa shape index (κ2) is 14.1. The topological polar surface area (TPSA) is 228 Å². The van der Waals surface area contributed by atoms with Crippen molar-refractivity contribution in [2.75, 3.05) is 0 Å². The minimum Gasteiger partial charge on any atom is -0.508 e. The Bertz CT molecular complexity index is 2530. The molecule has 1 aliphatic rings. The molecule has 0 radical (unpaired) electrons. The first-order valence-electron chi connectivity index (χ1n) is 15.4. The number of nitrogens with one attached hydrogen (secondary N) is 1. The lowest BCUT2D eigenvalue weighted by Crippen LogP contribution is -2.28. The van der Waals surface area contributed by atoms with Crippen molar-refractivity contribution in [1.82, 2.24) is 9.62 Å². The van der Waals surface area contributed by atoms with Gasteiger partial charge in [-0.3, -0.25) is 9.59 Å². The number of esters is 1. The quantitative estimate of drug-likeness (QED) is 0.0857. The lowest BCUT2D eigenvalue weighted by atomic mass is 9.95. The van der Waals surface area contributed by atoms with E-state index >= 15 is 0 Å². The lowest BCUT2D eigenvalue weighted by Gasteiger charge is -2.19. The number of sulfonamides is 1. The molecule has 0 unspecified atom stereocenters. The van der Waals surface area contributed by atoms with E-state index in [-0.39, 0.29) is 21.9 Å². The second-order valence-corrected chi connectivity index (χ2v) is 13.2. The molecule has 0 saturated carbocycles. The van der Waals surface area contributed by atoms with Crippen molar-refractivity contribution in [2.45, 2.75) is 4.90 Å². The number of aromatic carboxylic acids is 1. The minimum atomic E-state index is -4.32. The Morgan fingerprint density at radius 2 is 1.38 bits per heavy atom. The maximum atomic E-state index is 13.8. The first-order valence-corrected chi connectivity index (χ1v) is 16.8. The molecule has 0 aliphatic carbocycles. The molecule has 6 rings (SSSR count). The van der Waals surface area contributed by atoms with Crippen LogP contribution in [-0.2, 0) is 14.8 Å². The number of rotatable bonds is 9. The molecule has 0 aromatic heterocycles. The van der Waals surface area contributed by atoms with Crippen molar-refractivity contribution in [3.05, 3.63) is 161 Å². The van der Waals surface area contributed by atoms with Gasteiger partial charge in [-0.2, -0.15) is 0 Å². The number of nitrogens with zero attached hydrogens (tertiary/aromatic N) is 1. The van der Waals surface area contributed by atoms with Crippen LogP contribution < -0.4 is 5.32 Å². The Balaban J connectivity index is 1.34. The molecule has 5 aromatic rings. The van der Waals surface area contributed by atoms with Crippen LogP contribution >= 0.6 is 0 Å². The highest BCUT2D eigenvalue weighted by Crippen LogP contribution is 2.35. The number of amides is 1. The van der Waals surface area contributed by atoms with Crippen LogP contribution in [0.15, 0.2) is 138 Å². The molecular weight excluding hydrogens is 708 g/mol. The van der Waals surface area contributed by atoms with Gasteiger partial charge in [-0.1, -0.05) is 36.4 Å². The highest BCUT2D eigenvalue weighted by molar-refractivity contribution is 7.89. The van der Waals surface area contributed by atoms with Gasteiger partial charge < -0.3 is 35.6 Å². The van der Waals surface area contributed by atoms with Crippen molar-refractivity contribution in [3.8, 4) is 23.0 Å². The van der Waals surface area contributed by atoms with Crippen molar-refractivity contribution in [2.24, 2.45) is 0 Å². The monoisotopic (exact) mass is 734 g/mol. The summed E-state index contributed by atoms with van der Waals surface area (Å²) >= 11 is 0. The third-order valence-electron chi connectivity index (χ3n) is 7.94. The number of hydrogen-bond donors (Lipinski definition) is 6. The number of ketones is 1. The zero-order valence-electron chi connectivity index (χ0n) is 27.0. The summed E-state index contributed by atoms with van der Waals surface area (Å²) in [7, 11) is -4.32. The second-order valence-electron chi connectivity index (χ2n) is 11.4. The summed E-state index contributed by atoms with van der Waals surface area (Å²) < 4.78 is 34.0. The zero-order valence-corrected chi connectivity index (χ0v) is 27.8. The van der Waals surface area contributed by atoms with Gasteiger partial charge in [-0.25, -0.2) is 22.3 Å². The van der Waals surface area contributed by atoms with E-state index in [2.05, 4.69) is 5.32 Å². The summed E-state index contributed by atoms with van der Waals surface area (Å²) in [4.78, 5) is 51.5. The molecule has 5 aromatic carbocycles. The van der Waals surface area contributed by atoms with Gasteiger partial charge in [-0.15, -0.1) is 0 Å². The largest absolute Gasteiger partial charge is 0.508 e. The number of allylic oxidation sites excluding steroid dienone is 2. The molecule has 0 bridgehead atoms. The van der Waals surface area contributed by atoms with E-state index in [1.165, 1.54) is 54.6 Å². The number of ether oxygens (including phenoxy) is 1. The molecule has 0 spiro atoms. The molecular formula is C38H26N2O12S. The molecule has 1 aliphatic heterocycles. The summed E-state index contributed by atoms with van der Waals surface area (Å²) in [5.41, 5.74) is -2.97. The van der Waals surface area contributed by atoms with E-state index in [1.54, 1.807) is 24.3 Å². The van der Waals surface area contributed by atoms with Crippen LogP contribution in [0.4, 0.5) is 0 Å². The Morgan fingerprint density at radius 3 is 2.06 bits per heavy atom. The molecule has 0 saturated heterocycles. The molecule has 6 N–H and O–H groups in total. The molecule has 0 fully saturated rings. The molecule has 0 atom stereocenters. The molecule has 1 heterocycles. The number of benzene rings is 5. The first-order chi connectivity index (χ1) is 25.2. The molecule has 15 heteroatoms. The van der Waals surface area contributed by atoms with Gasteiger partial charge in [-0.05, 0) is 83.6 Å². The number of phenols is 4. The molecule has 266 valence electrons. The van der Waals surface area contributed by atoms with Crippen LogP contribution in [0.25, 0.3) is 10.8 Å². The third-order valence-corrected chi connectivity index (χ3v) is 9.57. The third kappa shape index (κ3) is 7.13. The van der Waals surface area contributed by atoms with Gasteiger partial charge in [0.25, 0.3) is 15.9 Å². The van der Waals surface area contributed by atoms with Crippen LogP contribution in [-0.4, -0.2) is 61.9 Å². The van der Waals surface area contributed by atoms with E-state index in [0.29, 0.717) is 5.39 Å². The van der Waals surface area contributed by atoms with E-state index in [9.17, 15) is 53.1 Å². The number of phenolic OH excluding ortho intramolecular Hbond substituents is 4. The number of carbonyl (C=O) groups excluding carboxylic acids is 3. The van der Waals surface area contributed by atoms with E-state index < -0.39 is 78.9 Å². The highest BCUT2D eigenvalue weighted by atomic mass is 32.2. The first kappa shape index (κ1) is 35.4. The number of hydrogen-bond acceptors (Lipinski definition) is 11. The van der Waals surface area contributed by atoms with Crippen LogP contribution in [0.3, 0.4) is 0 Å². The van der Waals surface area contributed by atoms with Crippen LogP contribution in [0.2, 0.25) is 0 Å². The van der Waals surface area contributed by atoms with Crippen LogP contribution in [0, 0.1) is 0 Å². The van der Waals surface area contributed by atoms with Crippen molar-refractivity contribution in [3.63, 3.8) is 0 Å². The fourth-order valence-electron chi connectivity index (χ4n) is 5.33. The zero-order chi connectivity index (χ0) is 38.0. The lowest BCUT2D eigenvalue weighted by molar-refractivity contribution is 0.0624. The predicted octanol–water partition coefficient (Wildman–Crippen LogP) is 5.12. The van der Waals surface area contributed by atoms with E-state index in [0.717, 1.165) is 46.4 Å². The Hall–Kier alpha value is -7.39. The standard InChI is InChI=1S/C38H26N2O12S/c41-25-13-10-22(11-14-25)36(46)39-28-20-40(53(50,51)26-15-12-21-5-1-2-6-23(21)17-26)16-4-9-32(28)52-38(49)24-18-30(43)34(31(44)19-24)35(45)33-27(37(47)48)7-3-8-29(33)42/h1-20,41-44H,(H,39,46)(H,47,48). The summed E-state index contributed by atoms with van der Waals surface area (Å²) in [6.07, 6.45) is 4.52. The average molecular weight is 735 g/mol. The van der Waals surface area contributed by atoms with Crippen LogP contribution in [0.5, 0.6) is 23.0 Å². The van der Waals surface area contributed by atoms with Gasteiger partial charge in [0.2, 0.25) is 5.78 Å². The number of fused-ring (bicyclic) bond motifs is 1. The molecule has 1 amide bonds. The van der Waals surface area contributed by atoms with Gasteiger partial charge in [0, 0.05) is 18.0 Å². The highest BCUT2D eigenvalue weighted by Gasteiger charge is 2.29. The summed E-state index contributed by atoms with van der Waals surface area (Å²) in [5, 5.41) is 54.8. The SMILES string of the molecule is O=C(NC1=CN(S(=O)(=O)c2ccc3ccccc3c2)C=CC=C1OC(=O)c1cc(O)c(C(=O)c2c(O)cccc2C(=O)O)c(O)c1)c1ccc(O)cc1. The summed E-state index contributed by atoms with van der Waals surface area (Å²) in [5.74, 6) is -8.07. The van der Waals surface area contributed by atoms with Crippen molar-refractivity contribution >= 4 is 44.4 Å². The Morgan fingerprint density at radius 1 is 0.698 bits per heavy atom. The maximum absolute atomic E-state index is 13.8. The normalized spacial score (nSPS) is 12.7. The maximum Gasteiger partial charge on any atom is 0.343 e. The average Bonchev–Trinajstić information content (AvgIpc) is 3.33. The molecule has 53 heavy (non-hydrogen) atoms. The number of aromatic hydroxyl groups is 4. The van der Waals surface area contributed by atoms with Gasteiger partial charge >= 0.3 is 11.9 Å². The fourth-order valence-corrected chi connectivity index (χ4v) is 6.57.